The standard InChI is InChI=1S/C18H29NO/c1-4-9-15-10-8-11-16(14-15)17(19-3)18(20-5-2)12-6-7-13-18/h8,10-11,14,17,19H,4-7,9,12-13H2,1-3H3. The highest BCUT2D eigenvalue weighted by Crippen LogP contribution is 2.43. The van der Waals surface area contributed by atoms with Crippen LogP contribution < -0.4 is 5.32 Å². The Labute approximate surface area is 123 Å². The van der Waals surface area contributed by atoms with Crippen LogP contribution in [0.25, 0.3) is 0 Å². The molecule has 2 nitrogen and oxygen atoms in total. The van der Waals surface area contributed by atoms with Gasteiger partial charge < -0.3 is 10.1 Å². The second-order valence-electron chi connectivity index (χ2n) is 5.92. The van der Waals surface area contributed by atoms with E-state index in [9.17, 15) is 0 Å². The molecule has 2 heteroatoms. The molecule has 1 aromatic carbocycles. The minimum Gasteiger partial charge on any atom is -0.373 e. The minimum absolute atomic E-state index is 0.00562. The predicted octanol–water partition coefficient (Wildman–Crippen LogP) is 4.25. The number of benzene rings is 1. The lowest BCUT2D eigenvalue weighted by Crippen LogP contribution is -2.43. The second kappa shape index (κ2) is 7.24. The van der Waals surface area contributed by atoms with Crippen LogP contribution in [-0.2, 0) is 11.2 Å². The molecule has 0 heterocycles. The molecular weight excluding hydrogens is 246 g/mol. The van der Waals surface area contributed by atoms with Crippen LogP contribution in [0.4, 0.5) is 0 Å². The summed E-state index contributed by atoms with van der Waals surface area (Å²) in [5.41, 5.74) is 2.82. The summed E-state index contributed by atoms with van der Waals surface area (Å²) < 4.78 is 6.24. The monoisotopic (exact) mass is 275 g/mol. The summed E-state index contributed by atoms with van der Waals surface area (Å²) in [5.74, 6) is 0. The van der Waals surface area contributed by atoms with Crippen molar-refractivity contribution in [3.05, 3.63) is 35.4 Å². The number of ether oxygens (including phenoxy) is 1. The molecule has 112 valence electrons. The normalized spacial score (nSPS) is 19.1. The minimum atomic E-state index is -0.00562. The number of aryl methyl sites for hydroxylation is 1. The first-order valence-corrected chi connectivity index (χ1v) is 8.16. The van der Waals surface area contributed by atoms with Gasteiger partial charge >= 0.3 is 0 Å². The topological polar surface area (TPSA) is 21.3 Å². The van der Waals surface area contributed by atoms with Gasteiger partial charge in [-0.15, -0.1) is 0 Å². The van der Waals surface area contributed by atoms with Crippen molar-refractivity contribution in [2.75, 3.05) is 13.7 Å². The van der Waals surface area contributed by atoms with Crippen molar-refractivity contribution in [1.82, 2.24) is 5.32 Å². The summed E-state index contributed by atoms with van der Waals surface area (Å²) in [6.07, 6.45) is 7.27. The van der Waals surface area contributed by atoms with Crippen LogP contribution in [0.3, 0.4) is 0 Å². The van der Waals surface area contributed by atoms with Crippen LogP contribution in [0.15, 0.2) is 24.3 Å². The van der Waals surface area contributed by atoms with E-state index in [0.29, 0.717) is 6.04 Å². The first-order valence-electron chi connectivity index (χ1n) is 8.16. The van der Waals surface area contributed by atoms with Crippen molar-refractivity contribution in [3.63, 3.8) is 0 Å². The predicted molar refractivity (Wildman–Crippen MR) is 85.1 cm³/mol. The number of likely N-dealkylation sites (N-methyl/N-ethyl adjacent to an activating group) is 1. The van der Waals surface area contributed by atoms with Crippen molar-refractivity contribution >= 4 is 0 Å². The zero-order valence-corrected chi connectivity index (χ0v) is 13.2. The maximum Gasteiger partial charge on any atom is 0.0876 e. The highest BCUT2D eigenvalue weighted by atomic mass is 16.5. The molecular formula is C18H29NO. The second-order valence-corrected chi connectivity index (χ2v) is 5.92. The molecule has 1 aliphatic carbocycles. The van der Waals surface area contributed by atoms with E-state index in [-0.39, 0.29) is 5.60 Å². The molecule has 1 aromatic rings. The summed E-state index contributed by atoms with van der Waals surface area (Å²) in [6, 6.07) is 9.35. The van der Waals surface area contributed by atoms with Gasteiger partial charge in [0.15, 0.2) is 0 Å². The lowest BCUT2D eigenvalue weighted by molar-refractivity contribution is -0.0610. The molecule has 20 heavy (non-hydrogen) atoms. The Morgan fingerprint density at radius 1 is 1.25 bits per heavy atom. The molecule has 1 N–H and O–H groups in total. The summed E-state index contributed by atoms with van der Waals surface area (Å²) in [7, 11) is 2.07. The maximum atomic E-state index is 6.24. The summed E-state index contributed by atoms with van der Waals surface area (Å²) >= 11 is 0. The van der Waals surface area contributed by atoms with Gasteiger partial charge in [-0.05, 0) is 44.4 Å². The van der Waals surface area contributed by atoms with E-state index in [0.717, 1.165) is 13.0 Å². The highest BCUT2D eigenvalue weighted by Gasteiger charge is 2.42. The van der Waals surface area contributed by atoms with Gasteiger partial charge in [0.2, 0.25) is 0 Å². The molecule has 2 rings (SSSR count). The Balaban J connectivity index is 2.28. The van der Waals surface area contributed by atoms with Gasteiger partial charge in [0.05, 0.1) is 11.6 Å². The van der Waals surface area contributed by atoms with Crippen molar-refractivity contribution < 1.29 is 4.74 Å². The van der Waals surface area contributed by atoms with Gasteiger partial charge in [0.1, 0.15) is 0 Å². The third kappa shape index (κ3) is 3.24. The molecule has 0 aromatic heterocycles. The summed E-state index contributed by atoms with van der Waals surface area (Å²) in [5, 5.41) is 3.53. The molecule has 1 saturated carbocycles. The van der Waals surface area contributed by atoms with Crippen molar-refractivity contribution in [1.29, 1.82) is 0 Å². The zero-order valence-electron chi connectivity index (χ0n) is 13.2. The lowest BCUT2D eigenvalue weighted by Gasteiger charge is -2.37. The van der Waals surface area contributed by atoms with Gasteiger partial charge in [-0.3, -0.25) is 0 Å². The largest absolute Gasteiger partial charge is 0.373 e. The first-order chi connectivity index (χ1) is 9.75. The van der Waals surface area contributed by atoms with E-state index < -0.39 is 0 Å². The van der Waals surface area contributed by atoms with Crippen LogP contribution in [0, 0.1) is 0 Å². The molecule has 1 aliphatic rings. The van der Waals surface area contributed by atoms with Crippen molar-refractivity contribution in [2.24, 2.45) is 0 Å². The Morgan fingerprint density at radius 3 is 2.60 bits per heavy atom. The average molecular weight is 275 g/mol. The van der Waals surface area contributed by atoms with E-state index in [1.807, 2.05) is 0 Å². The summed E-state index contributed by atoms with van der Waals surface area (Å²) in [4.78, 5) is 0. The van der Waals surface area contributed by atoms with Crippen LogP contribution >= 0.6 is 0 Å². The molecule has 0 spiro atoms. The molecule has 0 saturated heterocycles. The van der Waals surface area contributed by atoms with E-state index in [1.54, 1.807) is 0 Å². The van der Waals surface area contributed by atoms with Crippen LogP contribution in [0.5, 0.6) is 0 Å². The molecule has 1 fully saturated rings. The smallest absolute Gasteiger partial charge is 0.0876 e. The third-order valence-electron chi connectivity index (χ3n) is 4.52. The Morgan fingerprint density at radius 2 is 2.00 bits per heavy atom. The fraction of sp³-hybridized carbons (Fsp3) is 0.667. The van der Waals surface area contributed by atoms with Gasteiger partial charge in [0, 0.05) is 6.61 Å². The molecule has 1 atom stereocenters. The van der Waals surface area contributed by atoms with E-state index in [1.165, 1.54) is 43.2 Å². The molecule has 0 amide bonds. The van der Waals surface area contributed by atoms with Gasteiger partial charge in [-0.1, -0.05) is 50.5 Å². The Bertz CT molecular complexity index is 410. The number of hydrogen-bond acceptors (Lipinski definition) is 2. The quantitative estimate of drug-likeness (QED) is 0.803. The van der Waals surface area contributed by atoms with Crippen molar-refractivity contribution in [3.8, 4) is 0 Å². The Kier molecular flexibility index (Phi) is 5.62. The van der Waals surface area contributed by atoms with Gasteiger partial charge in [0.25, 0.3) is 0 Å². The average Bonchev–Trinajstić information content (AvgIpc) is 2.90. The molecule has 0 aliphatic heterocycles. The zero-order chi connectivity index (χ0) is 14.4. The van der Waals surface area contributed by atoms with Crippen LogP contribution in [0.1, 0.15) is 63.1 Å². The van der Waals surface area contributed by atoms with E-state index in [4.69, 9.17) is 4.74 Å². The van der Waals surface area contributed by atoms with Gasteiger partial charge in [-0.2, -0.15) is 0 Å². The molecule has 0 radical (unpaired) electrons. The fourth-order valence-corrected chi connectivity index (χ4v) is 3.73. The van der Waals surface area contributed by atoms with Crippen LogP contribution in [0.2, 0.25) is 0 Å². The lowest BCUT2D eigenvalue weighted by atomic mass is 9.86. The number of hydrogen-bond donors (Lipinski definition) is 1. The first kappa shape index (κ1) is 15.5. The van der Waals surface area contributed by atoms with Crippen molar-refractivity contribution in [2.45, 2.75) is 64.0 Å². The number of nitrogens with one attached hydrogen (secondary N) is 1. The van der Waals surface area contributed by atoms with Gasteiger partial charge in [-0.25, -0.2) is 0 Å². The third-order valence-corrected chi connectivity index (χ3v) is 4.52. The Hall–Kier alpha value is -0.860. The molecule has 0 bridgehead atoms. The van der Waals surface area contributed by atoms with Crippen LogP contribution in [-0.4, -0.2) is 19.3 Å². The maximum absolute atomic E-state index is 6.24. The number of rotatable bonds is 7. The summed E-state index contributed by atoms with van der Waals surface area (Å²) in [6.45, 7) is 5.15. The van der Waals surface area contributed by atoms with E-state index >= 15 is 0 Å². The van der Waals surface area contributed by atoms with E-state index in [2.05, 4.69) is 50.5 Å². The highest BCUT2D eigenvalue weighted by molar-refractivity contribution is 5.29. The molecule has 1 unspecified atom stereocenters. The fourth-order valence-electron chi connectivity index (χ4n) is 3.73. The SMILES string of the molecule is CCCc1cccc(C(NC)C2(OCC)CCCC2)c1.